The van der Waals surface area contributed by atoms with E-state index in [0.29, 0.717) is 5.69 Å². The molecule has 0 unspecified atom stereocenters. The fraction of sp³-hybridized carbons (Fsp3) is 0.316. The highest BCUT2D eigenvalue weighted by molar-refractivity contribution is 7.92. The van der Waals surface area contributed by atoms with E-state index in [9.17, 15) is 18.0 Å². The van der Waals surface area contributed by atoms with Crippen molar-refractivity contribution in [3.63, 3.8) is 0 Å². The summed E-state index contributed by atoms with van der Waals surface area (Å²) in [7, 11) is -2.90. The highest BCUT2D eigenvalue weighted by Gasteiger charge is 2.22. The Labute approximate surface area is 196 Å². The number of hydrogen-bond donors (Lipinski definition) is 4. The van der Waals surface area contributed by atoms with Crippen molar-refractivity contribution < 1.29 is 22.8 Å². The van der Waals surface area contributed by atoms with Crippen molar-refractivity contribution in [2.45, 2.75) is 25.8 Å². The van der Waals surface area contributed by atoms with Gasteiger partial charge in [-0.3, -0.25) is 14.3 Å². The summed E-state index contributed by atoms with van der Waals surface area (Å²) >= 11 is 5.91. The van der Waals surface area contributed by atoms with Crippen molar-refractivity contribution in [1.29, 1.82) is 0 Å². The number of sulfonamides is 1. The molecule has 0 radical (unpaired) electrons. The van der Waals surface area contributed by atoms with Crippen LogP contribution in [0, 0.1) is 6.92 Å². The van der Waals surface area contributed by atoms with Crippen LogP contribution in [0.4, 0.5) is 5.69 Å². The lowest BCUT2D eigenvalue weighted by atomic mass is 10.3. The molecule has 2 aromatic rings. The Bertz CT molecular complexity index is 1180. The van der Waals surface area contributed by atoms with Gasteiger partial charge in [0.15, 0.2) is 0 Å². The summed E-state index contributed by atoms with van der Waals surface area (Å²) < 4.78 is 34.1. The summed E-state index contributed by atoms with van der Waals surface area (Å²) in [5, 5.41) is 6.01. The van der Waals surface area contributed by atoms with Gasteiger partial charge in [0, 0.05) is 10.7 Å². The Morgan fingerprint density at radius 3 is 2.58 bits per heavy atom. The third-order valence-corrected chi connectivity index (χ3v) is 5.66. The molecule has 0 aliphatic heterocycles. The number of methoxy groups -OCH3 is 1. The van der Waals surface area contributed by atoms with Crippen LogP contribution in [0.2, 0.25) is 5.02 Å². The molecular weight excluding hydrogens is 476 g/mol. The first kappa shape index (κ1) is 27.6. The zero-order chi connectivity index (χ0) is 23.9. The largest absolute Gasteiger partial charge is 0.495 e. The second kappa shape index (κ2) is 12.0. The lowest BCUT2D eigenvalue weighted by Gasteiger charge is -2.14. The summed E-state index contributed by atoms with van der Waals surface area (Å²) in [4.78, 5) is 29.5. The monoisotopic (exact) mass is 502 g/mol. The minimum absolute atomic E-state index is 0. The molecule has 0 spiro atoms. The quantitative estimate of drug-likeness (QED) is 0.157. The number of rotatable bonds is 10. The first-order chi connectivity index (χ1) is 15.0. The fourth-order valence-corrected chi connectivity index (χ4v) is 4.05. The maximum Gasteiger partial charge on any atom is 0.275 e. The van der Waals surface area contributed by atoms with Crippen LogP contribution in [0.5, 0.6) is 5.75 Å². The molecule has 1 aromatic carbocycles. The molecule has 0 aliphatic rings. The van der Waals surface area contributed by atoms with Gasteiger partial charge in [0.25, 0.3) is 15.6 Å². The number of nitrogens with two attached hydrogens (primary N) is 2. The van der Waals surface area contributed by atoms with Crippen LogP contribution in [0.1, 0.15) is 13.1 Å². The first-order valence-corrected chi connectivity index (χ1v) is 11.0. The second-order valence-electron chi connectivity index (χ2n) is 6.38. The van der Waals surface area contributed by atoms with E-state index in [1.165, 1.54) is 37.4 Å². The van der Waals surface area contributed by atoms with Gasteiger partial charge < -0.3 is 30.9 Å². The molecule has 2 rings (SSSR count). The van der Waals surface area contributed by atoms with E-state index in [2.05, 4.69) is 15.2 Å². The number of oxime groups is 1. The molecule has 0 bridgehead atoms. The van der Waals surface area contributed by atoms with Crippen molar-refractivity contribution in [1.82, 2.24) is 9.88 Å². The van der Waals surface area contributed by atoms with Crippen LogP contribution < -0.4 is 31.8 Å². The maximum absolute atomic E-state index is 12.8. The van der Waals surface area contributed by atoms with E-state index in [0.717, 1.165) is 4.57 Å². The highest BCUT2D eigenvalue weighted by atomic mass is 35.5. The predicted molar refractivity (Wildman–Crippen MR) is 126 cm³/mol. The lowest BCUT2D eigenvalue weighted by Crippen LogP contribution is -2.36. The Morgan fingerprint density at radius 2 is 1.94 bits per heavy atom. The van der Waals surface area contributed by atoms with Gasteiger partial charge in [-0.1, -0.05) is 19.0 Å². The molecule has 0 aliphatic carbocycles. The summed E-state index contributed by atoms with van der Waals surface area (Å²) in [5.74, 6) is -0.704. The molecule has 12 nitrogen and oxygen atoms in total. The van der Waals surface area contributed by atoms with E-state index >= 15 is 0 Å². The van der Waals surface area contributed by atoms with Crippen LogP contribution in [0.3, 0.4) is 0 Å². The Kier molecular flexibility index (Phi) is 10.0. The molecule has 0 saturated heterocycles. The number of nitrogens with one attached hydrogen (secondary N) is 2. The molecule has 0 saturated carbocycles. The van der Waals surface area contributed by atoms with Crippen LogP contribution in [-0.2, 0) is 26.2 Å². The standard InChI is InChI=1S/C18H23ClN6O6S.CH4/c1-11-3-5-13(24-32(28,29)15-9-12(19)4-6-14(15)30-2)17(27)25(11)10-16(26)22-7-8-31-23-18(20)21;/h3-6,9,24H,7-8,10H2,1-2H3,(H,22,26)(H4,20,21,23);1H4. The van der Waals surface area contributed by atoms with Crippen molar-refractivity contribution in [3.8, 4) is 5.75 Å². The van der Waals surface area contributed by atoms with Gasteiger partial charge in [0.2, 0.25) is 11.9 Å². The van der Waals surface area contributed by atoms with Gasteiger partial charge in [-0.2, -0.15) is 0 Å². The summed E-state index contributed by atoms with van der Waals surface area (Å²) in [5.41, 5.74) is 9.70. The fourth-order valence-electron chi connectivity index (χ4n) is 2.56. The maximum atomic E-state index is 12.8. The van der Waals surface area contributed by atoms with Gasteiger partial charge in [-0.15, -0.1) is 0 Å². The van der Waals surface area contributed by atoms with Gasteiger partial charge in [-0.05, 0) is 42.4 Å². The molecule has 1 heterocycles. The van der Waals surface area contributed by atoms with Crippen LogP contribution in [0.15, 0.2) is 45.2 Å². The normalized spacial score (nSPS) is 10.5. The molecule has 14 heteroatoms. The Balaban J connectivity index is 0.00000544. The van der Waals surface area contributed by atoms with E-state index in [1.807, 2.05) is 0 Å². The molecule has 6 N–H and O–H groups in total. The van der Waals surface area contributed by atoms with Gasteiger partial charge in [0.1, 0.15) is 29.5 Å². The number of nitrogens with zero attached hydrogens (tertiary/aromatic N) is 2. The molecule has 182 valence electrons. The molecule has 0 atom stereocenters. The van der Waals surface area contributed by atoms with Gasteiger partial charge >= 0.3 is 0 Å². The second-order valence-corrected chi connectivity index (χ2v) is 8.47. The number of carbonyl (C=O) groups excluding carboxylic acids is 1. The minimum atomic E-state index is -4.21. The lowest BCUT2D eigenvalue weighted by molar-refractivity contribution is -0.122. The molecule has 1 amide bonds. The number of halogens is 1. The molecule has 0 fully saturated rings. The number of aryl methyl sites for hydroxylation is 1. The van der Waals surface area contributed by atoms with Crippen LogP contribution in [0.25, 0.3) is 0 Å². The number of aromatic nitrogens is 1. The molecule has 33 heavy (non-hydrogen) atoms. The third-order valence-electron chi connectivity index (χ3n) is 4.04. The Hall–Kier alpha value is -3.45. The molecular formula is C19H27ClN6O6S. The minimum Gasteiger partial charge on any atom is -0.495 e. The first-order valence-electron chi connectivity index (χ1n) is 9.09. The highest BCUT2D eigenvalue weighted by Crippen LogP contribution is 2.28. The van der Waals surface area contributed by atoms with Crippen LogP contribution in [-0.4, -0.2) is 45.1 Å². The zero-order valence-electron chi connectivity index (χ0n) is 17.3. The van der Waals surface area contributed by atoms with Crippen molar-refractivity contribution in [3.05, 3.63) is 51.4 Å². The van der Waals surface area contributed by atoms with Crippen molar-refractivity contribution in [2.24, 2.45) is 16.6 Å². The smallest absolute Gasteiger partial charge is 0.275 e. The topological polar surface area (TPSA) is 180 Å². The summed E-state index contributed by atoms with van der Waals surface area (Å²) in [6, 6.07) is 6.88. The summed E-state index contributed by atoms with van der Waals surface area (Å²) in [6.07, 6.45) is 0. The Morgan fingerprint density at radius 1 is 1.24 bits per heavy atom. The van der Waals surface area contributed by atoms with E-state index in [-0.39, 0.29) is 54.4 Å². The van der Waals surface area contributed by atoms with Crippen LogP contribution >= 0.6 is 11.6 Å². The number of benzene rings is 1. The number of carbonyl (C=O) groups is 1. The third kappa shape index (κ3) is 7.57. The molecule has 1 aromatic heterocycles. The number of anilines is 1. The predicted octanol–water partition coefficient (Wildman–Crippen LogP) is 0.577. The zero-order valence-corrected chi connectivity index (χ0v) is 18.9. The van der Waals surface area contributed by atoms with Gasteiger partial charge in [0.05, 0.1) is 13.7 Å². The van der Waals surface area contributed by atoms with E-state index < -0.39 is 21.5 Å². The SMILES string of the molecule is C.COc1ccc(Cl)cc1S(=O)(=O)Nc1ccc(C)n(CC(=O)NCCON=C(N)N)c1=O. The van der Waals surface area contributed by atoms with E-state index in [4.69, 9.17) is 32.6 Å². The number of guanidine groups is 1. The number of amides is 1. The number of pyridine rings is 1. The average Bonchev–Trinajstić information content (AvgIpc) is 2.72. The van der Waals surface area contributed by atoms with Gasteiger partial charge in [-0.25, -0.2) is 8.42 Å². The number of ether oxygens (including phenoxy) is 1. The number of hydrogen-bond acceptors (Lipinski definition) is 7. The van der Waals surface area contributed by atoms with E-state index in [1.54, 1.807) is 6.92 Å². The summed E-state index contributed by atoms with van der Waals surface area (Å²) in [6.45, 7) is 1.36. The van der Waals surface area contributed by atoms with Crippen molar-refractivity contribution in [2.75, 3.05) is 25.0 Å². The van der Waals surface area contributed by atoms with Crippen molar-refractivity contribution >= 4 is 39.2 Å². The average molecular weight is 503 g/mol.